The highest BCUT2D eigenvalue weighted by Crippen LogP contribution is 2.72. The molecule has 0 aliphatic carbocycles. The Morgan fingerprint density at radius 1 is 1.14 bits per heavy atom. The summed E-state index contributed by atoms with van der Waals surface area (Å²) in [5.41, 5.74) is 1.80. The molecule has 8 nitrogen and oxygen atoms in total. The summed E-state index contributed by atoms with van der Waals surface area (Å²) >= 11 is 1.62. The first-order chi connectivity index (χ1) is 20.5. The lowest BCUT2D eigenvalue weighted by atomic mass is 9.66. The highest BCUT2D eigenvalue weighted by Gasteiger charge is 2.78. The molecule has 3 heterocycles. The molecule has 2 unspecified atom stereocenters. The number of fused-ring (bicyclic) bond motifs is 1. The Bertz CT molecular complexity index is 1200. The van der Waals surface area contributed by atoms with Gasteiger partial charge in [0.15, 0.2) is 0 Å². The van der Waals surface area contributed by atoms with Crippen molar-refractivity contribution >= 4 is 40.9 Å². The van der Waals surface area contributed by atoms with Gasteiger partial charge in [0.2, 0.25) is 5.91 Å². The molecule has 2 amide bonds. The van der Waals surface area contributed by atoms with Gasteiger partial charge in [0, 0.05) is 35.8 Å². The van der Waals surface area contributed by atoms with Crippen molar-refractivity contribution in [1.82, 2.24) is 4.90 Å². The highest BCUT2D eigenvalue weighted by atomic mass is 32.2. The molecule has 1 spiro atoms. The zero-order valence-corrected chi connectivity index (χ0v) is 27.3. The van der Waals surface area contributed by atoms with Crippen LogP contribution in [0.15, 0.2) is 49.6 Å². The number of thioether (sulfide) groups is 1. The molecule has 2 bridgehead atoms. The van der Waals surface area contributed by atoms with Crippen LogP contribution in [0.25, 0.3) is 0 Å². The lowest BCUT2D eigenvalue weighted by Crippen LogP contribution is -2.58. The van der Waals surface area contributed by atoms with E-state index in [0.29, 0.717) is 19.3 Å². The summed E-state index contributed by atoms with van der Waals surface area (Å²) in [6.45, 7) is 19.8. The number of ether oxygens (including phenoxy) is 1. The third kappa shape index (κ3) is 5.75. The van der Waals surface area contributed by atoms with Crippen molar-refractivity contribution in [3.05, 3.63) is 49.6 Å². The Kier molecular flexibility index (Phi) is 10.4. The molecule has 9 heteroatoms. The second-order valence-corrected chi connectivity index (χ2v) is 14.4. The monoisotopic (exact) mass is 611 g/mol. The molecule has 0 radical (unpaired) electrons. The lowest BCUT2D eigenvalue weighted by molar-refractivity contribution is -0.156. The second kappa shape index (κ2) is 13.5. The molecule has 3 fully saturated rings. The number of unbranched alkanes of at least 4 members (excludes halogenated alkanes) is 1. The van der Waals surface area contributed by atoms with Gasteiger partial charge in [-0.05, 0) is 76.6 Å². The third-order valence-corrected chi connectivity index (χ3v) is 11.7. The number of hydrogen-bond donors (Lipinski definition) is 1. The number of allylic oxidation sites excluding steroid dienone is 1. The number of amides is 2. The minimum absolute atomic E-state index is 0.0947. The molecule has 6 atom stereocenters. The van der Waals surface area contributed by atoms with Crippen molar-refractivity contribution in [2.45, 2.75) is 81.9 Å². The fraction of sp³-hybridized carbons (Fsp3) is 0.618. The summed E-state index contributed by atoms with van der Waals surface area (Å²) in [5, 5.41) is 10.5. The summed E-state index contributed by atoms with van der Waals surface area (Å²) in [4.78, 5) is 48.6. The van der Waals surface area contributed by atoms with E-state index in [1.54, 1.807) is 33.7 Å². The van der Waals surface area contributed by atoms with Crippen LogP contribution in [0.4, 0.5) is 11.4 Å². The average Bonchev–Trinajstić information content (AvgIpc) is 3.56. The van der Waals surface area contributed by atoms with Gasteiger partial charge in [0.05, 0.1) is 35.8 Å². The summed E-state index contributed by atoms with van der Waals surface area (Å²) in [5.74, 6) is -2.25. The van der Waals surface area contributed by atoms with Gasteiger partial charge in [0.1, 0.15) is 6.04 Å². The fourth-order valence-corrected chi connectivity index (χ4v) is 9.83. The standard InChI is InChI=1S/C34H49N3O5S/c1-8-12-13-21-42-32(41)28-27-30(39)37(26(22-38)23(5)6)29(34(27)19-18-33(28,7)43-34)31(40)36(20-9-2)25-16-14-24(15-17-25)35(10-3)11-4/h8-9,14-17,23,26-29,38H,1-2,10-13,18-22H2,3-7H3/t26-,27-,28-,29?,33+,34?/m0/s1. The SMILES string of the molecule is C=CCCCOC(=O)[C@@H]1[C@H]2C(=O)N([C@@H](CO)C(C)C)C(C(=O)N(CC=C)c3ccc(N(CC)CC)cc3)C23CC[C@@]1(C)S3. The molecular weight excluding hydrogens is 562 g/mol. The van der Waals surface area contributed by atoms with Crippen LogP contribution in [0.2, 0.25) is 0 Å². The van der Waals surface area contributed by atoms with E-state index in [9.17, 15) is 19.5 Å². The van der Waals surface area contributed by atoms with Crippen LogP contribution in [0.1, 0.15) is 60.3 Å². The number of aliphatic hydroxyl groups is 1. The van der Waals surface area contributed by atoms with Gasteiger partial charge in [-0.3, -0.25) is 14.4 Å². The van der Waals surface area contributed by atoms with Crippen molar-refractivity contribution in [3.63, 3.8) is 0 Å². The predicted molar refractivity (Wildman–Crippen MR) is 174 cm³/mol. The smallest absolute Gasteiger partial charge is 0.311 e. The number of esters is 1. The van der Waals surface area contributed by atoms with E-state index in [4.69, 9.17) is 4.74 Å². The Balaban J connectivity index is 1.77. The van der Waals surface area contributed by atoms with Gasteiger partial charge >= 0.3 is 5.97 Å². The predicted octanol–water partition coefficient (Wildman–Crippen LogP) is 5.06. The van der Waals surface area contributed by atoms with E-state index >= 15 is 0 Å². The number of carbonyl (C=O) groups is 3. The zero-order valence-electron chi connectivity index (χ0n) is 26.5. The van der Waals surface area contributed by atoms with Crippen LogP contribution in [0.3, 0.4) is 0 Å². The van der Waals surface area contributed by atoms with E-state index in [2.05, 4.69) is 31.9 Å². The summed E-state index contributed by atoms with van der Waals surface area (Å²) in [6.07, 6.45) is 6.24. The third-order valence-electron chi connectivity index (χ3n) is 9.68. The fourth-order valence-electron chi connectivity index (χ4n) is 7.50. The average molecular weight is 612 g/mol. The van der Waals surface area contributed by atoms with Gasteiger partial charge in [0.25, 0.3) is 5.91 Å². The van der Waals surface area contributed by atoms with Gasteiger partial charge in [-0.1, -0.05) is 26.0 Å². The van der Waals surface area contributed by atoms with Crippen LogP contribution in [0.5, 0.6) is 0 Å². The first-order valence-corrected chi connectivity index (χ1v) is 16.5. The normalized spacial score (nSPS) is 28.1. The van der Waals surface area contributed by atoms with Crippen molar-refractivity contribution in [3.8, 4) is 0 Å². The Morgan fingerprint density at radius 2 is 1.79 bits per heavy atom. The summed E-state index contributed by atoms with van der Waals surface area (Å²) in [6, 6.07) is 6.53. The number of likely N-dealkylation sites (tertiary alicyclic amines) is 1. The Hall–Kier alpha value is -2.78. The first-order valence-electron chi connectivity index (χ1n) is 15.7. The molecule has 1 aromatic carbocycles. The number of aliphatic hydroxyl groups excluding tert-OH is 1. The maximum atomic E-state index is 14.9. The van der Waals surface area contributed by atoms with Gasteiger partial charge in [-0.25, -0.2) is 0 Å². The topological polar surface area (TPSA) is 90.4 Å². The van der Waals surface area contributed by atoms with Crippen LogP contribution in [0, 0.1) is 17.8 Å². The van der Waals surface area contributed by atoms with E-state index < -0.39 is 33.4 Å². The second-order valence-electron chi connectivity index (χ2n) is 12.5. The van der Waals surface area contributed by atoms with E-state index in [0.717, 1.165) is 30.9 Å². The quantitative estimate of drug-likeness (QED) is 0.169. The van der Waals surface area contributed by atoms with Crippen LogP contribution < -0.4 is 9.80 Å². The van der Waals surface area contributed by atoms with Gasteiger partial charge < -0.3 is 24.5 Å². The van der Waals surface area contributed by atoms with Crippen LogP contribution in [-0.4, -0.2) is 82.2 Å². The van der Waals surface area contributed by atoms with E-state index in [1.807, 2.05) is 45.0 Å². The Morgan fingerprint density at radius 3 is 2.35 bits per heavy atom. The van der Waals surface area contributed by atoms with E-state index in [-0.39, 0.29) is 43.5 Å². The minimum Gasteiger partial charge on any atom is -0.465 e. The number of nitrogens with zero attached hydrogens (tertiary/aromatic N) is 3. The van der Waals surface area contributed by atoms with E-state index in [1.165, 1.54) is 0 Å². The molecular formula is C34H49N3O5S. The first kappa shape index (κ1) is 33.1. The molecule has 236 valence electrons. The number of rotatable bonds is 15. The number of carbonyl (C=O) groups excluding carboxylic acids is 3. The van der Waals surface area contributed by atoms with Gasteiger partial charge in [-0.2, -0.15) is 0 Å². The van der Waals surface area contributed by atoms with Crippen molar-refractivity contribution in [2.24, 2.45) is 17.8 Å². The summed E-state index contributed by atoms with van der Waals surface area (Å²) < 4.78 is 4.43. The molecule has 3 aliphatic heterocycles. The lowest BCUT2D eigenvalue weighted by Gasteiger charge is -2.40. The molecule has 43 heavy (non-hydrogen) atoms. The zero-order chi connectivity index (χ0) is 31.5. The van der Waals surface area contributed by atoms with Crippen molar-refractivity contribution in [1.29, 1.82) is 0 Å². The molecule has 3 saturated heterocycles. The molecule has 1 aromatic rings. The molecule has 3 aliphatic rings. The number of benzene rings is 1. The van der Waals surface area contributed by atoms with Crippen molar-refractivity contribution in [2.75, 3.05) is 42.6 Å². The Labute approximate surface area is 261 Å². The maximum absolute atomic E-state index is 14.9. The van der Waals surface area contributed by atoms with Crippen molar-refractivity contribution < 1.29 is 24.2 Å². The molecule has 1 N–H and O–H groups in total. The maximum Gasteiger partial charge on any atom is 0.311 e. The van der Waals surface area contributed by atoms with Gasteiger partial charge in [-0.15, -0.1) is 24.9 Å². The highest BCUT2D eigenvalue weighted by molar-refractivity contribution is 8.02. The molecule has 0 aromatic heterocycles. The van der Waals surface area contributed by atoms with Crippen LogP contribution in [-0.2, 0) is 19.1 Å². The largest absolute Gasteiger partial charge is 0.465 e. The minimum atomic E-state index is -0.836. The van der Waals surface area contributed by atoms with Crippen LogP contribution >= 0.6 is 11.8 Å². The number of hydrogen-bond acceptors (Lipinski definition) is 7. The molecule has 0 saturated carbocycles. The molecule has 4 rings (SSSR count). The summed E-state index contributed by atoms with van der Waals surface area (Å²) in [7, 11) is 0. The number of anilines is 2.